The molecular weight excluding hydrogens is 246 g/mol. The molecule has 0 aromatic heterocycles. The van der Waals surface area contributed by atoms with E-state index in [0.29, 0.717) is 13.0 Å². The zero-order chi connectivity index (χ0) is 13.1. The molecule has 1 heterocycles. The Morgan fingerprint density at radius 3 is 2.59 bits per heavy atom. The van der Waals surface area contributed by atoms with Gasteiger partial charge in [-0.25, -0.2) is 13.2 Å². The average molecular weight is 263 g/mol. The van der Waals surface area contributed by atoms with Crippen LogP contribution in [0.1, 0.15) is 13.3 Å². The zero-order valence-corrected chi connectivity index (χ0v) is 10.4. The van der Waals surface area contributed by atoms with E-state index >= 15 is 0 Å². The fourth-order valence-corrected chi connectivity index (χ4v) is 3.56. The summed E-state index contributed by atoms with van der Waals surface area (Å²) in [7, 11) is -2.90. The SMILES string of the molecule is CC(NCC1CCS(=O)(=O)C1)C(=O)NC(N)=O. The molecular formula is C9H17N3O4S. The summed E-state index contributed by atoms with van der Waals surface area (Å²) in [6, 6.07) is -1.47. The molecule has 98 valence electrons. The van der Waals surface area contributed by atoms with Crippen molar-refractivity contribution in [3.05, 3.63) is 0 Å². The molecule has 0 radical (unpaired) electrons. The first-order valence-corrected chi connectivity index (χ1v) is 7.16. The van der Waals surface area contributed by atoms with Crippen molar-refractivity contribution < 1.29 is 18.0 Å². The summed E-state index contributed by atoms with van der Waals surface area (Å²) < 4.78 is 22.4. The largest absolute Gasteiger partial charge is 0.351 e. The van der Waals surface area contributed by atoms with E-state index < -0.39 is 27.8 Å². The van der Waals surface area contributed by atoms with Crippen molar-refractivity contribution in [2.24, 2.45) is 11.7 Å². The van der Waals surface area contributed by atoms with Crippen LogP contribution in [0, 0.1) is 5.92 Å². The summed E-state index contributed by atoms with van der Waals surface area (Å²) in [5.74, 6) is -0.118. The number of hydrogen-bond acceptors (Lipinski definition) is 5. The molecule has 0 aromatic carbocycles. The molecule has 8 heteroatoms. The van der Waals surface area contributed by atoms with Gasteiger partial charge in [0.2, 0.25) is 5.91 Å². The molecule has 2 atom stereocenters. The van der Waals surface area contributed by atoms with Crippen LogP contribution >= 0.6 is 0 Å². The second kappa shape index (κ2) is 5.46. The van der Waals surface area contributed by atoms with Crippen LogP contribution < -0.4 is 16.4 Å². The number of amides is 3. The fraction of sp³-hybridized carbons (Fsp3) is 0.778. The van der Waals surface area contributed by atoms with Gasteiger partial charge in [-0.15, -0.1) is 0 Å². The minimum atomic E-state index is -2.90. The Kier molecular flexibility index (Phi) is 4.47. The van der Waals surface area contributed by atoms with Gasteiger partial charge in [-0.2, -0.15) is 0 Å². The van der Waals surface area contributed by atoms with E-state index in [1.807, 2.05) is 5.32 Å². The van der Waals surface area contributed by atoms with Crippen LogP contribution in [-0.4, -0.2) is 44.4 Å². The Bertz CT molecular complexity index is 406. The van der Waals surface area contributed by atoms with Crippen LogP contribution in [0.25, 0.3) is 0 Å². The van der Waals surface area contributed by atoms with E-state index in [0.717, 1.165) is 0 Å². The number of urea groups is 1. The van der Waals surface area contributed by atoms with Gasteiger partial charge < -0.3 is 11.1 Å². The smallest absolute Gasteiger partial charge is 0.318 e. The van der Waals surface area contributed by atoms with Gasteiger partial charge in [-0.05, 0) is 25.8 Å². The number of carbonyl (C=O) groups excluding carboxylic acids is 2. The fourth-order valence-electron chi connectivity index (χ4n) is 1.70. The maximum atomic E-state index is 11.3. The van der Waals surface area contributed by atoms with Gasteiger partial charge in [-0.1, -0.05) is 0 Å². The Morgan fingerprint density at radius 1 is 1.47 bits per heavy atom. The first kappa shape index (κ1) is 13.9. The van der Waals surface area contributed by atoms with Gasteiger partial charge in [0.15, 0.2) is 9.84 Å². The number of nitrogens with one attached hydrogen (secondary N) is 2. The molecule has 0 aliphatic carbocycles. The lowest BCUT2D eigenvalue weighted by Gasteiger charge is -2.15. The van der Waals surface area contributed by atoms with E-state index in [2.05, 4.69) is 5.32 Å². The van der Waals surface area contributed by atoms with Crippen molar-refractivity contribution in [2.45, 2.75) is 19.4 Å². The molecule has 0 saturated carbocycles. The number of hydrogen-bond donors (Lipinski definition) is 3. The molecule has 1 fully saturated rings. The van der Waals surface area contributed by atoms with E-state index in [1.54, 1.807) is 6.92 Å². The van der Waals surface area contributed by atoms with Crippen LogP contribution in [0.4, 0.5) is 4.79 Å². The minimum absolute atomic E-state index is 0.0313. The number of sulfone groups is 1. The number of nitrogens with two attached hydrogens (primary N) is 1. The van der Waals surface area contributed by atoms with Crippen molar-refractivity contribution in [1.29, 1.82) is 0 Å². The minimum Gasteiger partial charge on any atom is -0.351 e. The van der Waals surface area contributed by atoms with Crippen LogP contribution in [-0.2, 0) is 14.6 Å². The maximum absolute atomic E-state index is 11.3. The van der Waals surface area contributed by atoms with Crippen molar-refractivity contribution in [3.8, 4) is 0 Å². The summed E-state index contributed by atoms with van der Waals surface area (Å²) in [4.78, 5) is 21.7. The standard InChI is InChI=1S/C9H17N3O4S/c1-6(8(13)12-9(10)14)11-4-7-2-3-17(15,16)5-7/h6-7,11H,2-5H2,1H3,(H3,10,12,13,14). The van der Waals surface area contributed by atoms with Gasteiger partial charge in [0, 0.05) is 0 Å². The molecule has 1 aliphatic rings. The average Bonchev–Trinajstić information content (AvgIpc) is 2.53. The van der Waals surface area contributed by atoms with Crippen molar-refractivity contribution in [2.75, 3.05) is 18.1 Å². The van der Waals surface area contributed by atoms with Crippen LogP contribution in [0.2, 0.25) is 0 Å². The first-order chi connectivity index (χ1) is 7.80. The highest BCUT2D eigenvalue weighted by Crippen LogP contribution is 2.17. The molecule has 0 spiro atoms. The van der Waals surface area contributed by atoms with Gasteiger partial charge in [-0.3, -0.25) is 10.1 Å². The quantitative estimate of drug-likeness (QED) is 0.576. The van der Waals surface area contributed by atoms with Crippen LogP contribution in [0.15, 0.2) is 0 Å². The number of rotatable bonds is 4. The molecule has 2 unspecified atom stereocenters. The first-order valence-electron chi connectivity index (χ1n) is 5.34. The molecule has 17 heavy (non-hydrogen) atoms. The zero-order valence-electron chi connectivity index (χ0n) is 9.60. The Morgan fingerprint density at radius 2 is 2.12 bits per heavy atom. The topological polar surface area (TPSA) is 118 Å². The van der Waals surface area contributed by atoms with Gasteiger partial charge in [0.05, 0.1) is 17.5 Å². The van der Waals surface area contributed by atoms with E-state index in [1.165, 1.54) is 0 Å². The molecule has 1 rings (SSSR count). The van der Waals surface area contributed by atoms with Gasteiger partial charge >= 0.3 is 6.03 Å². The Labute approximate surface area is 100 Å². The summed E-state index contributed by atoms with van der Waals surface area (Å²) in [5, 5.41) is 4.84. The molecule has 4 N–H and O–H groups in total. The third-order valence-electron chi connectivity index (χ3n) is 2.68. The predicted molar refractivity (Wildman–Crippen MR) is 62.0 cm³/mol. The van der Waals surface area contributed by atoms with Crippen LogP contribution in [0.3, 0.4) is 0 Å². The number of primary amides is 1. The second-order valence-electron chi connectivity index (χ2n) is 4.25. The highest BCUT2D eigenvalue weighted by atomic mass is 32.2. The third-order valence-corrected chi connectivity index (χ3v) is 4.52. The number of carbonyl (C=O) groups is 2. The Hall–Kier alpha value is -1.15. The third kappa shape index (κ3) is 4.70. The normalized spacial score (nSPS) is 24.2. The lowest BCUT2D eigenvalue weighted by atomic mass is 10.1. The molecule has 7 nitrogen and oxygen atoms in total. The van der Waals surface area contributed by atoms with Gasteiger partial charge in [0.25, 0.3) is 0 Å². The van der Waals surface area contributed by atoms with Crippen molar-refractivity contribution in [3.63, 3.8) is 0 Å². The molecule has 0 bridgehead atoms. The summed E-state index contributed by atoms with van der Waals surface area (Å²) in [5.41, 5.74) is 4.81. The monoisotopic (exact) mass is 263 g/mol. The van der Waals surface area contributed by atoms with Crippen molar-refractivity contribution in [1.82, 2.24) is 10.6 Å². The molecule has 3 amide bonds. The lowest BCUT2D eigenvalue weighted by molar-refractivity contribution is -0.121. The molecule has 1 aliphatic heterocycles. The molecule has 1 saturated heterocycles. The summed E-state index contributed by atoms with van der Waals surface area (Å²) in [6.45, 7) is 2.02. The van der Waals surface area contributed by atoms with E-state index in [-0.39, 0.29) is 17.4 Å². The highest BCUT2D eigenvalue weighted by Gasteiger charge is 2.28. The second-order valence-corrected chi connectivity index (χ2v) is 6.48. The highest BCUT2D eigenvalue weighted by molar-refractivity contribution is 7.91. The lowest BCUT2D eigenvalue weighted by Crippen LogP contribution is -2.47. The van der Waals surface area contributed by atoms with Gasteiger partial charge in [0.1, 0.15) is 0 Å². The van der Waals surface area contributed by atoms with E-state index in [9.17, 15) is 18.0 Å². The summed E-state index contributed by atoms with van der Waals surface area (Å²) >= 11 is 0. The summed E-state index contributed by atoms with van der Waals surface area (Å²) in [6.07, 6.45) is 0.611. The Balaban J connectivity index is 2.31. The maximum Gasteiger partial charge on any atom is 0.318 e. The van der Waals surface area contributed by atoms with E-state index in [4.69, 9.17) is 5.73 Å². The predicted octanol–water partition coefficient (Wildman–Crippen LogP) is -1.41. The number of imide groups is 1. The van der Waals surface area contributed by atoms with Crippen molar-refractivity contribution >= 4 is 21.8 Å². The van der Waals surface area contributed by atoms with Crippen LogP contribution in [0.5, 0.6) is 0 Å². The molecule has 0 aromatic rings.